The molecule has 0 atom stereocenters. The Hall–Kier alpha value is -3.48. The van der Waals surface area contributed by atoms with Crippen molar-refractivity contribution in [3.05, 3.63) is 59.7 Å². The van der Waals surface area contributed by atoms with Crippen molar-refractivity contribution in [3.63, 3.8) is 0 Å². The zero-order valence-corrected chi connectivity index (χ0v) is 19.4. The molecule has 0 spiro atoms. The highest BCUT2D eigenvalue weighted by molar-refractivity contribution is 6.40. The van der Waals surface area contributed by atoms with Crippen LogP contribution in [0.2, 0.25) is 0 Å². The minimum Gasteiger partial charge on any atom is -0.348 e. The Bertz CT molecular complexity index is 937. The summed E-state index contributed by atoms with van der Waals surface area (Å²) in [6, 6.07) is 14.5. The summed E-state index contributed by atoms with van der Waals surface area (Å²) < 4.78 is 0. The van der Waals surface area contributed by atoms with Gasteiger partial charge in [0.05, 0.1) is 0 Å². The van der Waals surface area contributed by atoms with E-state index in [1.165, 1.54) is 26.2 Å². The lowest BCUT2D eigenvalue weighted by Crippen LogP contribution is -2.35. The minimum atomic E-state index is -0.670. The van der Waals surface area contributed by atoms with Crippen LogP contribution in [0.4, 0.5) is 11.4 Å². The van der Waals surface area contributed by atoms with E-state index in [2.05, 4.69) is 22.9 Å². The number of carbonyl (C=O) groups excluding carboxylic acids is 4. The Morgan fingerprint density at radius 2 is 1.12 bits per heavy atom. The fraction of sp³-hybridized carbons (Fsp3) is 0.385. The first-order valence-corrected chi connectivity index (χ1v) is 11.5. The molecule has 0 bridgehead atoms. The summed E-state index contributed by atoms with van der Waals surface area (Å²) in [6.45, 7) is 3.90. The Kier molecular flexibility index (Phi) is 10.8. The average molecular weight is 452 g/mol. The van der Waals surface area contributed by atoms with Gasteiger partial charge in [-0.25, -0.2) is 0 Å². The normalized spacial score (nSPS) is 10.4. The molecule has 0 fully saturated rings. The van der Waals surface area contributed by atoms with Crippen LogP contribution >= 0.6 is 0 Å². The molecule has 2 aromatic carbocycles. The molecule has 0 heterocycles. The Morgan fingerprint density at radius 1 is 0.636 bits per heavy atom. The number of rotatable bonds is 12. The van der Waals surface area contributed by atoms with Gasteiger partial charge in [-0.2, -0.15) is 0 Å². The van der Waals surface area contributed by atoms with Crippen molar-refractivity contribution >= 4 is 34.9 Å². The molecule has 0 radical (unpaired) electrons. The number of nitrogens with one attached hydrogen (secondary N) is 3. The molecule has 7 heteroatoms. The first kappa shape index (κ1) is 25.8. The Morgan fingerprint density at radius 3 is 1.64 bits per heavy atom. The molecule has 2 aromatic rings. The number of hydrogen-bond acceptors (Lipinski definition) is 4. The summed E-state index contributed by atoms with van der Waals surface area (Å²) in [5.74, 6) is -2.47. The van der Waals surface area contributed by atoms with Crippen LogP contribution in [0.25, 0.3) is 0 Å². The van der Waals surface area contributed by atoms with Gasteiger partial charge in [-0.05, 0) is 48.2 Å². The van der Waals surface area contributed by atoms with Crippen LogP contribution in [0, 0.1) is 0 Å². The van der Waals surface area contributed by atoms with E-state index in [1.807, 2.05) is 24.3 Å². The van der Waals surface area contributed by atoms with Crippen LogP contribution in [0.15, 0.2) is 48.5 Å². The summed E-state index contributed by atoms with van der Waals surface area (Å²) in [5, 5.41) is 7.81. The Balaban J connectivity index is 1.75. The van der Waals surface area contributed by atoms with Gasteiger partial charge in [-0.15, -0.1) is 0 Å². The maximum Gasteiger partial charge on any atom is 0.313 e. The first-order valence-electron chi connectivity index (χ1n) is 11.5. The SMILES string of the molecule is CCCCCCCCNC(=O)C(=O)Nc1ccc(Cc2ccc(NC(=O)C(C)=O)cc2)cc1. The van der Waals surface area contributed by atoms with E-state index in [0.29, 0.717) is 24.3 Å². The quantitative estimate of drug-likeness (QED) is 0.332. The molecule has 33 heavy (non-hydrogen) atoms. The van der Waals surface area contributed by atoms with E-state index in [0.717, 1.165) is 30.4 Å². The Labute approximate surface area is 195 Å². The van der Waals surface area contributed by atoms with Crippen LogP contribution in [0.5, 0.6) is 0 Å². The van der Waals surface area contributed by atoms with Crippen molar-refractivity contribution in [3.8, 4) is 0 Å². The zero-order valence-electron chi connectivity index (χ0n) is 19.4. The number of benzene rings is 2. The summed E-state index contributed by atoms with van der Waals surface area (Å²) >= 11 is 0. The summed E-state index contributed by atoms with van der Waals surface area (Å²) in [7, 11) is 0. The van der Waals surface area contributed by atoms with Gasteiger partial charge in [0.1, 0.15) is 0 Å². The van der Waals surface area contributed by atoms with Crippen LogP contribution in [0.3, 0.4) is 0 Å². The smallest absolute Gasteiger partial charge is 0.313 e. The molecule has 2 rings (SSSR count). The minimum absolute atomic E-state index is 0.508. The number of hydrogen-bond donors (Lipinski definition) is 3. The molecule has 0 saturated carbocycles. The lowest BCUT2D eigenvalue weighted by Gasteiger charge is -2.08. The van der Waals surface area contributed by atoms with Gasteiger partial charge < -0.3 is 16.0 Å². The molecular weight excluding hydrogens is 418 g/mol. The monoisotopic (exact) mass is 451 g/mol. The lowest BCUT2D eigenvalue weighted by atomic mass is 10.0. The van der Waals surface area contributed by atoms with Crippen molar-refractivity contribution < 1.29 is 19.2 Å². The van der Waals surface area contributed by atoms with Gasteiger partial charge in [-0.1, -0.05) is 63.3 Å². The standard InChI is InChI=1S/C26H33N3O4/c1-3-4-5-6-7-8-17-27-25(32)26(33)29-23-15-11-21(12-16-23)18-20-9-13-22(14-10-20)28-24(31)19(2)30/h9-16H,3-8,17-18H2,1-2H3,(H,27,32)(H,28,31)(H,29,33). The van der Waals surface area contributed by atoms with Gasteiger partial charge in [0.25, 0.3) is 5.91 Å². The molecule has 7 nitrogen and oxygen atoms in total. The van der Waals surface area contributed by atoms with Crippen LogP contribution in [-0.4, -0.2) is 30.0 Å². The summed E-state index contributed by atoms with van der Waals surface area (Å²) in [5.41, 5.74) is 3.18. The number of ketones is 1. The molecule has 0 aliphatic carbocycles. The van der Waals surface area contributed by atoms with E-state index in [-0.39, 0.29) is 0 Å². The van der Waals surface area contributed by atoms with Crippen molar-refractivity contribution in [1.29, 1.82) is 0 Å². The average Bonchev–Trinajstić information content (AvgIpc) is 2.80. The molecule has 0 aliphatic rings. The highest BCUT2D eigenvalue weighted by Gasteiger charge is 2.13. The fourth-order valence-electron chi connectivity index (χ4n) is 3.24. The van der Waals surface area contributed by atoms with Crippen molar-refractivity contribution in [2.75, 3.05) is 17.2 Å². The van der Waals surface area contributed by atoms with E-state index >= 15 is 0 Å². The van der Waals surface area contributed by atoms with E-state index in [1.54, 1.807) is 24.3 Å². The topological polar surface area (TPSA) is 104 Å². The number of Topliss-reactive ketones (excluding diaryl/α,β-unsaturated/α-hetero) is 1. The number of unbranched alkanes of at least 4 members (excludes halogenated alkanes) is 5. The fourth-order valence-corrected chi connectivity index (χ4v) is 3.24. The molecule has 0 saturated heterocycles. The second-order valence-corrected chi connectivity index (χ2v) is 8.06. The van der Waals surface area contributed by atoms with Gasteiger partial charge in [0, 0.05) is 24.8 Å². The third kappa shape index (κ3) is 9.68. The maximum absolute atomic E-state index is 12.1. The molecule has 0 aliphatic heterocycles. The third-order valence-corrected chi connectivity index (χ3v) is 5.17. The van der Waals surface area contributed by atoms with Crippen molar-refractivity contribution in [1.82, 2.24) is 5.32 Å². The van der Waals surface area contributed by atoms with Gasteiger partial charge in [-0.3, -0.25) is 19.2 Å². The number of amides is 3. The summed E-state index contributed by atoms with van der Waals surface area (Å²) in [6.07, 6.45) is 7.40. The number of carbonyl (C=O) groups is 4. The second kappa shape index (κ2) is 13.8. The van der Waals surface area contributed by atoms with Gasteiger partial charge in [0.2, 0.25) is 5.78 Å². The van der Waals surface area contributed by atoms with Gasteiger partial charge in [0.15, 0.2) is 0 Å². The highest BCUT2D eigenvalue weighted by Crippen LogP contribution is 2.16. The predicted molar refractivity (Wildman–Crippen MR) is 130 cm³/mol. The predicted octanol–water partition coefficient (Wildman–Crippen LogP) is 4.22. The molecule has 0 aromatic heterocycles. The maximum atomic E-state index is 12.1. The molecular formula is C26H33N3O4. The van der Waals surface area contributed by atoms with Crippen molar-refractivity contribution in [2.45, 2.75) is 58.8 Å². The lowest BCUT2D eigenvalue weighted by molar-refractivity contribution is -0.136. The molecule has 3 amide bonds. The summed E-state index contributed by atoms with van der Waals surface area (Å²) in [4.78, 5) is 46.5. The van der Waals surface area contributed by atoms with E-state index in [9.17, 15) is 19.2 Å². The molecule has 0 unspecified atom stereocenters. The largest absolute Gasteiger partial charge is 0.348 e. The van der Waals surface area contributed by atoms with Crippen molar-refractivity contribution in [2.24, 2.45) is 0 Å². The van der Waals surface area contributed by atoms with Crippen LogP contribution in [-0.2, 0) is 25.6 Å². The number of anilines is 2. The van der Waals surface area contributed by atoms with Crippen LogP contribution < -0.4 is 16.0 Å². The van der Waals surface area contributed by atoms with E-state index in [4.69, 9.17) is 0 Å². The molecule has 176 valence electrons. The van der Waals surface area contributed by atoms with Crippen LogP contribution in [0.1, 0.15) is 63.5 Å². The second-order valence-electron chi connectivity index (χ2n) is 8.06. The third-order valence-electron chi connectivity index (χ3n) is 5.17. The highest BCUT2D eigenvalue weighted by atomic mass is 16.2. The molecule has 3 N–H and O–H groups in total. The van der Waals surface area contributed by atoms with E-state index < -0.39 is 23.5 Å². The first-order chi connectivity index (χ1) is 15.9. The van der Waals surface area contributed by atoms with Gasteiger partial charge >= 0.3 is 11.8 Å². The zero-order chi connectivity index (χ0) is 24.1.